The Morgan fingerprint density at radius 1 is 1.45 bits per heavy atom. The van der Waals surface area contributed by atoms with E-state index >= 15 is 0 Å². The van der Waals surface area contributed by atoms with E-state index in [9.17, 15) is 9.18 Å². The average Bonchev–Trinajstić information content (AvgIpc) is 2.74. The maximum absolute atomic E-state index is 12.5. The van der Waals surface area contributed by atoms with Gasteiger partial charge in [-0.25, -0.2) is 4.98 Å². The molecular formula is C13H11FN4O2. The fourth-order valence-corrected chi connectivity index (χ4v) is 2.15. The van der Waals surface area contributed by atoms with Crippen molar-refractivity contribution in [3.05, 3.63) is 47.5 Å². The van der Waals surface area contributed by atoms with Crippen molar-refractivity contribution in [2.45, 2.75) is 13.0 Å². The number of aliphatic hydroxyl groups excluding tert-OH is 1. The van der Waals surface area contributed by atoms with Crippen LogP contribution in [0.25, 0.3) is 5.69 Å². The van der Waals surface area contributed by atoms with Crippen LogP contribution >= 0.6 is 0 Å². The zero-order valence-corrected chi connectivity index (χ0v) is 10.3. The second kappa shape index (κ2) is 4.86. The first-order chi connectivity index (χ1) is 9.66. The number of imidazole rings is 1. The molecule has 0 aliphatic carbocycles. The highest BCUT2D eigenvalue weighted by molar-refractivity contribution is 5.94. The minimum atomic E-state index is -2.42. The summed E-state index contributed by atoms with van der Waals surface area (Å²) >= 11 is 0. The summed E-state index contributed by atoms with van der Waals surface area (Å²) in [6.07, 6.45) is 3.20. The highest BCUT2D eigenvalue weighted by atomic mass is 19.1. The van der Waals surface area contributed by atoms with Crippen molar-refractivity contribution in [2.24, 2.45) is 4.99 Å². The van der Waals surface area contributed by atoms with Gasteiger partial charge in [-0.05, 0) is 6.07 Å². The number of aromatic nitrogens is 2. The number of para-hydroxylation sites is 1. The Hall–Kier alpha value is -2.54. The molecule has 0 bridgehead atoms. The number of rotatable bonds is 2. The SMILES string of the molecule is O=C(NC(O)F)c1ncn2c1CN=Cc1ccccc1-2. The number of carbonyl (C=O) groups excluding carboxylic acids is 1. The Bertz CT molecular complexity index is 693. The van der Waals surface area contributed by atoms with Gasteiger partial charge in [-0.2, -0.15) is 4.39 Å². The third-order valence-electron chi connectivity index (χ3n) is 3.00. The molecule has 2 heterocycles. The van der Waals surface area contributed by atoms with Gasteiger partial charge in [0, 0.05) is 11.8 Å². The van der Waals surface area contributed by atoms with Crippen LogP contribution in [0, 0.1) is 0 Å². The summed E-state index contributed by atoms with van der Waals surface area (Å²) in [7, 11) is 0. The highest BCUT2D eigenvalue weighted by Gasteiger charge is 2.22. The first kappa shape index (κ1) is 12.5. The number of nitrogens with zero attached hydrogens (tertiary/aromatic N) is 3. The van der Waals surface area contributed by atoms with Crippen molar-refractivity contribution in [3.63, 3.8) is 0 Å². The maximum atomic E-state index is 12.5. The van der Waals surface area contributed by atoms with Crippen LogP contribution in [0.4, 0.5) is 4.39 Å². The lowest BCUT2D eigenvalue weighted by Crippen LogP contribution is -2.32. The van der Waals surface area contributed by atoms with Crippen molar-refractivity contribution >= 4 is 12.1 Å². The monoisotopic (exact) mass is 274 g/mol. The number of alkyl halides is 1. The van der Waals surface area contributed by atoms with Crippen molar-refractivity contribution in [1.82, 2.24) is 14.9 Å². The molecule has 0 saturated heterocycles. The Labute approximate surface area is 113 Å². The molecule has 0 spiro atoms. The summed E-state index contributed by atoms with van der Waals surface area (Å²) in [5.41, 5.74) is 2.34. The number of aliphatic imine (C=N–C) groups is 1. The molecule has 1 amide bonds. The molecule has 0 saturated carbocycles. The molecule has 20 heavy (non-hydrogen) atoms. The van der Waals surface area contributed by atoms with Crippen molar-refractivity contribution < 1.29 is 14.3 Å². The van der Waals surface area contributed by atoms with Gasteiger partial charge >= 0.3 is 0 Å². The molecule has 2 aromatic rings. The quantitative estimate of drug-likeness (QED) is 0.627. The van der Waals surface area contributed by atoms with Crippen LogP contribution in [0.1, 0.15) is 21.7 Å². The highest BCUT2D eigenvalue weighted by Crippen LogP contribution is 2.21. The van der Waals surface area contributed by atoms with Crippen molar-refractivity contribution in [2.75, 3.05) is 0 Å². The number of carbonyl (C=O) groups is 1. The number of hydrogen-bond donors (Lipinski definition) is 2. The molecule has 1 aromatic heterocycles. The van der Waals surface area contributed by atoms with E-state index in [0.717, 1.165) is 11.3 Å². The van der Waals surface area contributed by atoms with E-state index in [1.54, 1.807) is 16.1 Å². The van der Waals surface area contributed by atoms with E-state index in [2.05, 4.69) is 9.98 Å². The van der Waals surface area contributed by atoms with Crippen molar-refractivity contribution in [1.29, 1.82) is 0 Å². The lowest BCUT2D eigenvalue weighted by molar-refractivity contribution is 0.0121. The normalized spacial score (nSPS) is 14.1. The summed E-state index contributed by atoms with van der Waals surface area (Å²) in [5.74, 6) is -0.775. The van der Waals surface area contributed by atoms with Crippen LogP contribution < -0.4 is 5.32 Å². The minimum Gasteiger partial charge on any atom is -0.348 e. The number of amides is 1. The zero-order valence-electron chi connectivity index (χ0n) is 10.3. The standard InChI is InChI=1S/C13H11FN4O2/c14-13(20)17-12(19)11-10-6-15-5-8-3-1-2-4-9(8)18(10)7-16-11/h1-5,7,13,20H,6H2,(H,17,19). The summed E-state index contributed by atoms with van der Waals surface area (Å²) < 4.78 is 14.2. The molecule has 1 aromatic carbocycles. The van der Waals surface area contributed by atoms with Gasteiger partial charge in [-0.1, -0.05) is 18.2 Å². The molecule has 102 valence electrons. The summed E-state index contributed by atoms with van der Waals surface area (Å²) in [5, 5.41) is 10.3. The van der Waals surface area contributed by atoms with Gasteiger partial charge in [0.05, 0.1) is 17.9 Å². The Morgan fingerprint density at radius 2 is 2.25 bits per heavy atom. The second-order valence-corrected chi connectivity index (χ2v) is 4.25. The number of benzene rings is 1. The van der Waals surface area contributed by atoms with Gasteiger partial charge in [0.2, 0.25) is 0 Å². The number of hydrogen-bond acceptors (Lipinski definition) is 4. The van der Waals surface area contributed by atoms with E-state index in [1.165, 1.54) is 6.33 Å². The molecular weight excluding hydrogens is 263 g/mol. The van der Waals surface area contributed by atoms with Crippen LogP contribution in [0.3, 0.4) is 0 Å². The number of fused-ring (bicyclic) bond motifs is 3. The van der Waals surface area contributed by atoms with Gasteiger partial charge in [0.15, 0.2) is 5.69 Å². The molecule has 1 aliphatic heterocycles. The van der Waals surface area contributed by atoms with Crippen LogP contribution in [0.2, 0.25) is 0 Å². The van der Waals surface area contributed by atoms with E-state index in [4.69, 9.17) is 5.11 Å². The van der Waals surface area contributed by atoms with E-state index in [0.29, 0.717) is 5.69 Å². The third kappa shape index (κ3) is 2.08. The zero-order chi connectivity index (χ0) is 14.1. The molecule has 1 unspecified atom stereocenters. The van der Waals surface area contributed by atoms with Gasteiger partial charge < -0.3 is 5.11 Å². The fraction of sp³-hybridized carbons (Fsp3) is 0.154. The van der Waals surface area contributed by atoms with Crippen LogP contribution in [-0.2, 0) is 6.54 Å². The summed E-state index contributed by atoms with van der Waals surface area (Å²) in [4.78, 5) is 20.0. The predicted molar refractivity (Wildman–Crippen MR) is 69.4 cm³/mol. The number of aliphatic hydroxyl groups is 1. The van der Waals surface area contributed by atoms with Crippen molar-refractivity contribution in [3.8, 4) is 5.69 Å². The van der Waals surface area contributed by atoms with E-state index in [1.807, 2.05) is 24.3 Å². The Kier molecular flexibility index (Phi) is 3.03. The fourth-order valence-electron chi connectivity index (χ4n) is 2.15. The number of halogens is 1. The average molecular weight is 274 g/mol. The third-order valence-corrected chi connectivity index (χ3v) is 3.00. The second-order valence-electron chi connectivity index (χ2n) is 4.25. The Morgan fingerprint density at radius 3 is 3.05 bits per heavy atom. The topological polar surface area (TPSA) is 79.5 Å². The first-order valence-electron chi connectivity index (χ1n) is 5.95. The van der Waals surface area contributed by atoms with Gasteiger partial charge in [-0.15, -0.1) is 0 Å². The smallest absolute Gasteiger partial charge is 0.276 e. The number of nitrogens with one attached hydrogen (secondary N) is 1. The molecule has 6 nitrogen and oxygen atoms in total. The van der Waals surface area contributed by atoms with E-state index < -0.39 is 12.4 Å². The lowest BCUT2D eigenvalue weighted by atomic mass is 10.2. The van der Waals surface area contributed by atoms with Gasteiger partial charge in [0.1, 0.15) is 6.33 Å². The maximum Gasteiger partial charge on any atom is 0.276 e. The largest absolute Gasteiger partial charge is 0.348 e. The first-order valence-corrected chi connectivity index (χ1v) is 5.95. The molecule has 2 N–H and O–H groups in total. The Balaban J connectivity index is 2.08. The molecule has 7 heteroatoms. The molecule has 3 rings (SSSR count). The summed E-state index contributed by atoms with van der Waals surface area (Å²) in [6, 6.07) is 7.54. The molecule has 0 fully saturated rings. The predicted octanol–water partition coefficient (Wildman–Crippen LogP) is 0.780. The van der Waals surface area contributed by atoms with Gasteiger partial charge in [0.25, 0.3) is 12.4 Å². The van der Waals surface area contributed by atoms with E-state index in [-0.39, 0.29) is 12.2 Å². The van der Waals surface area contributed by atoms with Crippen LogP contribution in [0.5, 0.6) is 0 Å². The molecule has 1 atom stereocenters. The summed E-state index contributed by atoms with van der Waals surface area (Å²) in [6.45, 7) is -2.17. The van der Waals surface area contributed by atoms with Crippen LogP contribution in [0.15, 0.2) is 35.6 Å². The lowest BCUT2D eigenvalue weighted by Gasteiger charge is -2.08. The van der Waals surface area contributed by atoms with Crippen LogP contribution in [-0.4, -0.2) is 33.3 Å². The van der Waals surface area contributed by atoms with Gasteiger partial charge in [-0.3, -0.25) is 19.7 Å². The minimum absolute atomic E-state index is 0.0514. The molecule has 0 radical (unpaired) electrons. The molecule has 1 aliphatic rings.